The standard InChI is InChI=1S/C50H61F2N5O11S3/c1-48(2)35-16-5-7-18-37(35)55(26-9-11-30-70(62,63)64)40(48)22-20-33-14-13-15-34(21-23-41-49(3,4)36-17-6-8-19-38(36)56(41)27-10-12-31-71(65,66)67)44(33)69-29-25-43(59)53-42-24-28-57(47(61)54-42)46-50(51,52)45(60)39(32-58)68-46/h5-8,16-24,28,39,45-46,58,60H,9-15,25-27,29-32H2,1-4H3,(H2-,53,54,59,61,62,63,64,65,66,67)/p+1/t39-,45-,46-/m1/s1. The third-order valence-electron chi connectivity index (χ3n) is 13.5. The highest BCUT2D eigenvalue weighted by Crippen LogP contribution is 2.49. The average Bonchev–Trinajstić information content (AvgIpc) is 3.76. The number of hydrogen-bond donors (Lipinski definition) is 5. The Hall–Kier alpha value is -4.87. The van der Waals surface area contributed by atoms with E-state index in [1.165, 1.54) is 17.8 Å². The van der Waals surface area contributed by atoms with Gasteiger partial charge in [0.05, 0.1) is 23.5 Å². The van der Waals surface area contributed by atoms with Gasteiger partial charge in [0.25, 0.3) is 20.2 Å². The molecule has 71 heavy (non-hydrogen) atoms. The Bertz CT molecular complexity index is 2970. The number of carbonyl (C=O) groups is 1. The monoisotopic (exact) mass is 1040 g/mol. The molecule has 2 aromatic carbocycles. The number of aliphatic hydroxyl groups excluding tert-OH is 2. The van der Waals surface area contributed by atoms with Gasteiger partial charge >= 0.3 is 11.6 Å². The van der Waals surface area contributed by atoms with Gasteiger partial charge < -0.3 is 25.2 Å². The molecule has 0 bridgehead atoms. The number of nitrogens with one attached hydrogen (secondary N) is 1. The van der Waals surface area contributed by atoms with Crippen LogP contribution in [0.15, 0.2) is 112 Å². The Morgan fingerprint density at radius 3 is 2.27 bits per heavy atom. The third-order valence-corrected chi connectivity index (χ3v) is 16.3. The molecular weight excluding hydrogens is 981 g/mol. The molecule has 3 atom stereocenters. The number of aromatic nitrogens is 2. The topological polar surface area (TPSA) is 229 Å². The zero-order valence-corrected chi connectivity index (χ0v) is 42.6. The SMILES string of the molecule is CC1(C)C(/C=C/C2=C(SCCC(=O)Nc3ccn([C@@H]4O[C@H](CO)[C@@H](O)C4(F)F)c(=O)n3)C(=C/C=C3/N(CCCCS(=O)(=O)O)c4ccccc4C3(C)C)/CCC2)=[N+](CCCCS(=O)(=O)O)c2ccccc21. The van der Waals surface area contributed by atoms with E-state index in [-0.39, 0.29) is 36.6 Å². The lowest BCUT2D eigenvalue weighted by molar-refractivity contribution is -0.438. The van der Waals surface area contributed by atoms with Crippen LogP contribution < -0.4 is 15.9 Å². The minimum absolute atomic E-state index is 0.0186. The molecule has 4 heterocycles. The normalized spacial score (nSPS) is 22.8. The fraction of sp³-hybridized carbons (Fsp3) is 0.480. The molecule has 1 amide bonds. The van der Waals surface area contributed by atoms with E-state index in [2.05, 4.69) is 83.9 Å². The number of amides is 1. The molecule has 3 aromatic rings. The van der Waals surface area contributed by atoms with Gasteiger partial charge in [-0.1, -0.05) is 62.4 Å². The van der Waals surface area contributed by atoms with E-state index in [0.717, 1.165) is 75.4 Å². The smallest absolute Gasteiger partial charge is 0.351 e. The number of thioether (sulfide) groups is 1. The van der Waals surface area contributed by atoms with Crippen LogP contribution in [0.25, 0.3) is 0 Å². The highest BCUT2D eigenvalue weighted by molar-refractivity contribution is 8.03. The Balaban J connectivity index is 1.19. The summed E-state index contributed by atoms with van der Waals surface area (Å²) in [4.78, 5) is 33.3. The molecule has 1 saturated heterocycles. The summed E-state index contributed by atoms with van der Waals surface area (Å²) in [5.41, 5.74) is 6.37. The maximum Gasteiger partial charge on any atom is 0.351 e. The maximum atomic E-state index is 14.8. The summed E-state index contributed by atoms with van der Waals surface area (Å²) in [6.45, 7) is 8.73. The number of alkyl halides is 2. The first-order valence-electron chi connectivity index (χ1n) is 23.6. The van der Waals surface area contributed by atoms with Gasteiger partial charge in [0, 0.05) is 70.7 Å². The van der Waals surface area contributed by atoms with Crippen LogP contribution in [0.3, 0.4) is 0 Å². The molecular formula is C50H62F2N5O11S3+. The number of ether oxygens (including phenoxy) is 1. The lowest BCUT2D eigenvalue weighted by Gasteiger charge is -2.27. The fourth-order valence-electron chi connectivity index (χ4n) is 9.87. The van der Waals surface area contributed by atoms with E-state index < -0.39 is 73.6 Å². The highest BCUT2D eigenvalue weighted by Gasteiger charge is 2.59. The van der Waals surface area contributed by atoms with Crippen molar-refractivity contribution in [1.82, 2.24) is 9.55 Å². The molecule has 5 N–H and O–H groups in total. The van der Waals surface area contributed by atoms with Crippen molar-refractivity contribution in [3.05, 3.63) is 128 Å². The predicted molar refractivity (Wildman–Crippen MR) is 270 cm³/mol. The predicted octanol–water partition coefficient (Wildman–Crippen LogP) is 7.21. The zero-order valence-electron chi connectivity index (χ0n) is 40.1. The Morgan fingerprint density at radius 1 is 0.915 bits per heavy atom. The molecule has 384 valence electrons. The number of anilines is 2. The van der Waals surface area contributed by atoms with Crippen molar-refractivity contribution in [3.63, 3.8) is 0 Å². The van der Waals surface area contributed by atoms with Gasteiger partial charge in [-0.2, -0.15) is 35.2 Å². The molecule has 3 aliphatic heterocycles. The molecule has 0 saturated carbocycles. The van der Waals surface area contributed by atoms with E-state index in [1.807, 2.05) is 36.4 Å². The zero-order chi connectivity index (χ0) is 51.5. The van der Waals surface area contributed by atoms with Gasteiger partial charge in [-0.3, -0.25) is 18.5 Å². The van der Waals surface area contributed by atoms with E-state index in [4.69, 9.17) is 4.74 Å². The van der Waals surface area contributed by atoms with Crippen LogP contribution in [0, 0.1) is 0 Å². The average molecular weight is 1040 g/mol. The van der Waals surface area contributed by atoms with Crippen molar-refractivity contribution in [2.45, 2.75) is 114 Å². The molecule has 1 aromatic heterocycles. The van der Waals surface area contributed by atoms with Gasteiger partial charge in [-0.25, -0.2) is 4.79 Å². The molecule has 1 fully saturated rings. The summed E-state index contributed by atoms with van der Waals surface area (Å²) in [6, 6.07) is 17.4. The van der Waals surface area contributed by atoms with Gasteiger partial charge in [0.15, 0.2) is 11.8 Å². The Labute approximate surface area is 417 Å². The largest absolute Gasteiger partial charge is 0.394 e. The molecule has 1 aliphatic carbocycles. The lowest BCUT2D eigenvalue weighted by Crippen LogP contribution is -2.41. The quantitative estimate of drug-likeness (QED) is 0.0428. The maximum absolute atomic E-state index is 14.8. The van der Waals surface area contributed by atoms with Gasteiger partial charge in [0.1, 0.15) is 18.5 Å². The van der Waals surface area contributed by atoms with Crippen molar-refractivity contribution in [2.24, 2.45) is 0 Å². The minimum atomic E-state index is -4.11. The first-order valence-corrected chi connectivity index (χ1v) is 27.8. The summed E-state index contributed by atoms with van der Waals surface area (Å²) < 4.78 is 102. The van der Waals surface area contributed by atoms with Crippen LogP contribution in [0.5, 0.6) is 0 Å². The summed E-state index contributed by atoms with van der Waals surface area (Å²) >= 11 is 1.50. The van der Waals surface area contributed by atoms with Crippen LogP contribution in [-0.2, 0) is 40.6 Å². The van der Waals surface area contributed by atoms with Gasteiger partial charge in [-0.05, 0) is 87.3 Å². The number of rotatable bonds is 20. The first-order chi connectivity index (χ1) is 33.4. The van der Waals surface area contributed by atoms with Gasteiger partial charge in [0.2, 0.25) is 17.8 Å². The summed E-state index contributed by atoms with van der Waals surface area (Å²) in [5, 5.41) is 21.9. The number of unbranched alkanes of at least 4 members (excludes halogenated alkanes) is 2. The van der Waals surface area contributed by atoms with Crippen molar-refractivity contribution in [3.8, 4) is 0 Å². The Kier molecular flexibility index (Phi) is 16.5. The second kappa shape index (κ2) is 21.7. The number of benzene rings is 2. The van der Waals surface area contributed by atoms with Gasteiger partial charge in [-0.15, -0.1) is 11.8 Å². The van der Waals surface area contributed by atoms with E-state index in [1.54, 1.807) is 0 Å². The van der Waals surface area contributed by atoms with Crippen molar-refractivity contribution < 1.29 is 59.0 Å². The number of aliphatic hydroxyl groups is 2. The van der Waals surface area contributed by atoms with E-state index in [9.17, 15) is 54.5 Å². The number of carbonyl (C=O) groups excluding carboxylic acids is 1. The summed E-state index contributed by atoms with van der Waals surface area (Å²) in [7, 11) is -8.22. The summed E-state index contributed by atoms with van der Waals surface area (Å²) in [5.74, 6) is -4.92. The third kappa shape index (κ3) is 12.2. The highest BCUT2D eigenvalue weighted by atomic mass is 32.2. The Morgan fingerprint density at radius 2 is 1.59 bits per heavy atom. The number of hydrogen-bond acceptors (Lipinski definition) is 12. The number of para-hydroxylation sites is 2. The van der Waals surface area contributed by atoms with Crippen LogP contribution in [0.1, 0.15) is 96.4 Å². The van der Waals surface area contributed by atoms with Crippen LogP contribution in [-0.4, -0.2) is 117 Å². The number of allylic oxidation sites excluding steroid dienone is 7. The van der Waals surface area contributed by atoms with E-state index in [0.29, 0.717) is 36.3 Å². The lowest BCUT2D eigenvalue weighted by atomic mass is 9.81. The number of fused-ring (bicyclic) bond motifs is 2. The van der Waals surface area contributed by atoms with Crippen molar-refractivity contribution in [2.75, 3.05) is 47.2 Å². The van der Waals surface area contributed by atoms with Crippen LogP contribution >= 0.6 is 11.8 Å². The van der Waals surface area contributed by atoms with Crippen LogP contribution in [0.2, 0.25) is 0 Å². The molecule has 0 unspecified atom stereocenters. The molecule has 4 aliphatic rings. The number of nitrogens with zero attached hydrogens (tertiary/aromatic N) is 4. The molecule has 0 spiro atoms. The fourth-order valence-corrected chi connectivity index (χ4v) is 12.2. The molecule has 16 nitrogen and oxygen atoms in total. The van der Waals surface area contributed by atoms with E-state index >= 15 is 0 Å². The first kappa shape index (κ1) is 53.9. The van der Waals surface area contributed by atoms with Crippen LogP contribution in [0.4, 0.5) is 26.0 Å². The second-order valence-electron chi connectivity index (χ2n) is 19.2. The second-order valence-corrected chi connectivity index (χ2v) is 23.5. The molecule has 0 radical (unpaired) electrons. The summed E-state index contributed by atoms with van der Waals surface area (Å²) in [6.07, 6.45) is 7.13. The van der Waals surface area contributed by atoms with Crippen molar-refractivity contribution >= 4 is 60.8 Å². The van der Waals surface area contributed by atoms with Crippen molar-refractivity contribution in [1.29, 1.82) is 0 Å². The molecule has 21 heteroatoms. The molecule has 7 rings (SSSR count). The number of halogens is 2. The minimum Gasteiger partial charge on any atom is -0.394 e.